The number of hydrogen-bond donors (Lipinski definition) is 0. The van der Waals surface area contributed by atoms with E-state index in [1.165, 1.54) is 44.5 Å². The van der Waals surface area contributed by atoms with Gasteiger partial charge in [-0.05, 0) is 129 Å². The fourth-order valence-corrected chi connectivity index (χ4v) is 10.2. The van der Waals surface area contributed by atoms with Gasteiger partial charge in [0.25, 0.3) is 0 Å². The van der Waals surface area contributed by atoms with Crippen molar-refractivity contribution in [3.8, 4) is 22.3 Å². The van der Waals surface area contributed by atoms with Crippen LogP contribution in [0.3, 0.4) is 0 Å². The van der Waals surface area contributed by atoms with Crippen LogP contribution in [0.15, 0.2) is 184 Å². The monoisotopic (exact) mass is 777 g/mol. The average molecular weight is 778 g/mol. The molecule has 4 heteroatoms. The van der Waals surface area contributed by atoms with Gasteiger partial charge in [0.05, 0.1) is 16.5 Å². The van der Waals surface area contributed by atoms with Gasteiger partial charge in [-0.15, -0.1) is 0 Å². The summed E-state index contributed by atoms with van der Waals surface area (Å²) in [4.78, 5) is 16.0. The van der Waals surface area contributed by atoms with Crippen LogP contribution >= 0.6 is 0 Å². The molecular formula is C56H43NO3. The molecule has 0 N–H and O–H groups in total. The van der Waals surface area contributed by atoms with Crippen molar-refractivity contribution in [1.29, 1.82) is 0 Å². The van der Waals surface area contributed by atoms with Gasteiger partial charge in [0.2, 0.25) is 5.43 Å². The third-order valence-corrected chi connectivity index (χ3v) is 13.2. The normalized spacial score (nSPS) is 16.2. The predicted molar refractivity (Wildman–Crippen MR) is 250 cm³/mol. The Labute approximate surface area is 349 Å². The third-order valence-electron chi connectivity index (χ3n) is 13.2. The molecule has 0 amide bonds. The summed E-state index contributed by atoms with van der Waals surface area (Å²) in [5.74, 6) is 0. The summed E-state index contributed by atoms with van der Waals surface area (Å²) in [7, 11) is 0. The molecule has 0 spiro atoms. The van der Waals surface area contributed by atoms with E-state index in [4.69, 9.17) is 8.83 Å². The van der Waals surface area contributed by atoms with E-state index in [1.807, 2.05) is 54.6 Å². The minimum Gasteiger partial charge on any atom is -0.456 e. The maximum absolute atomic E-state index is 13.6. The summed E-state index contributed by atoms with van der Waals surface area (Å²) in [6.45, 7) is 15.5. The van der Waals surface area contributed by atoms with Gasteiger partial charge in [-0.2, -0.15) is 0 Å². The molecule has 2 aromatic heterocycles. The highest BCUT2D eigenvalue weighted by Crippen LogP contribution is 2.54. The van der Waals surface area contributed by atoms with Crippen LogP contribution in [0, 0.1) is 0 Å². The second-order valence-electron chi connectivity index (χ2n) is 17.2. The van der Waals surface area contributed by atoms with Crippen molar-refractivity contribution in [1.82, 2.24) is 0 Å². The van der Waals surface area contributed by atoms with Crippen molar-refractivity contribution in [3.63, 3.8) is 0 Å². The first-order valence-corrected chi connectivity index (χ1v) is 20.7. The fraction of sp³-hybridized carbons (Fsp3) is 0.125. The summed E-state index contributed by atoms with van der Waals surface area (Å²) < 4.78 is 13.0. The minimum absolute atomic E-state index is 0.0306. The molecule has 0 aliphatic heterocycles. The lowest BCUT2D eigenvalue weighted by Gasteiger charge is -2.29. The topological polar surface area (TPSA) is 46.6 Å². The first-order chi connectivity index (χ1) is 29.1. The number of allylic oxidation sites excluding steroid dienone is 5. The van der Waals surface area contributed by atoms with E-state index in [2.05, 4.69) is 149 Å². The largest absolute Gasteiger partial charge is 0.456 e. The lowest BCUT2D eigenvalue weighted by molar-refractivity contribution is 0.659. The van der Waals surface area contributed by atoms with Crippen molar-refractivity contribution in [2.24, 2.45) is 0 Å². The van der Waals surface area contributed by atoms with Crippen LogP contribution < -0.4 is 10.3 Å². The SMILES string of the molecule is C=C/C=C1\C(=C/C)C(C)(C)c2cc(N(c3ccc4c(c3)C(C)(C)c3ccccc3-4)c3cccc4c3oc3ccc(-c5ccc6oc7ccccc7c(=O)c6c5)cc34)ccc21. The molecule has 11 rings (SSSR count). The van der Waals surface area contributed by atoms with Gasteiger partial charge in [0, 0.05) is 33.0 Å². The maximum atomic E-state index is 13.6. The maximum Gasteiger partial charge on any atom is 0.200 e. The van der Waals surface area contributed by atoms with E-state index < -0.39 is 0 Å². The number of hydrogen-bond acceptors (Lipinski definition) is 4. The molecule has 2 aliphatic carbocycles. The third kappa shape index (κ3) is 5.07. The zero-order chi connectivity index (χ0) is 41.1. The van der Waals surface area contributed by atoms with Crippen LogP contribution in [0.4, 0.5) is 17.1 Å². The molecule has 0 saturated carbocycles. The van der Waals surface area contributed by atoms with Crippen molar-refractivity contribution in [2.45, 2.75) is 45.4 Å². The van der Waals surface area contributed by atoms with Gasteiger partial charge < -0.3 is 13.7 Å². The van der Waals surface area contributed by atoms with E-state index in [0.29, 0.717) is 21.9 Å². The van der Waals surface area contributed by atoms with Crippen LogP contribution in [-0.2, 0) is 10.8 Å². The van der Waals surface area contributed by atoms with E-state index in [0.717, 1.165) is 50.1 Å². The Morgan fingerprint density at radius 2 is 1.17 bits per heavy atom. The molecule has 2 aliphatic rings. The molecular weight excluding hydrogens is 735 g/mol. The van der Waals surface area contributed by atoms with Crippen molar-refractivity contribution in [2.75, 3.05) is 4.90 Å². The molecule has 0 radical (unpaired) electrons. The van der Waals surface area contributed by atoms with Crippen LogP contribution in [-0.4, -0.2) is 0 Å². The van der Waals surface area contributed by atoms with Gasteiger partial charge in [-0.1, -0.05) is 125 Å². The number of benzene rings is 7. The predicted octanol–water partition coefficient (Wildman–Crippen LogP) is 15.1. The summed E-state index contributed by atoms with van der Waals surface area (Å²) in [5, 5.41) is 3.17. The number of anilines is 3. The first-order valence-electron chi connectivity index (χ1n) is 20.7. The smallest absolute Gasteiger partial charge is 0.200 e. The zero-order valence-corrected chi connectivity index (χ0v) is 34.4. The standard InChI is InChI=1S/C56H43NO3/c1-7-14-37-39-25-23-35(31-47(39)55(3,4)45(37)8-2)57(36-24-26-40-38-15-9-11-18-46(38)56(5,6)48(40)32-36)49-19-13-17-41-43-29-33(21-27-51(43)60-54(41)49)34-22-28-52-44(30-34)53(58)42-16-10-12-20-50(42)59-52/h7-32H,1H2,2-6H3/b37-14-,45-8+. The van der Waals surface area contributed by atoms with Gasteiger partial charge in [0.15, 0.2) is 5.58 Å². The number of nitrogens with zero attached hydrogens (tertiary/aromatic N) is 1. The molecule has 9 aromatic rings. The van der Waals surface area contributed by atoms with Crippen LogP contribution in [0.2, 0.25) is 0 Å². The molecule has 4 nitrogen and oxygen atoms in total. The van der Waals surface area contributed by atoms with E-state index in [1.54, 1.807) is 0 Å². The Balaban J connectivity index is 1.11. The van der Waals surface area contributed by atoms with Crippen LogP contribution in [0.1, 0.15) is 56.9 Å². The Morgan fingerprint density at radius 1 is 0.550 bits per heavy atom. The van der Waals surface area contributed by atoms with Crippen LogP contribution in [0.5, 0.6) is 0 Å². The summed E-state index contributed by atoms with van der Waals surface area (Å²) in [6, 6.07) is 48.6. The van der Waals surface area contributed by atoms with Crippen molar-refractivity contribution >= 4 is 66.5 Å². The Kier molecular flexibility index (Phi) is 7.74. The molecule has 0 saturated heterocycles. The molecule has 60 heavy (non-hydrogen) atoms. The van der Waals surface area contributed by atoms with E-state index >= 15 is 0 Å². The molecule has 0 bridgehead atoms. The second-order valence-corrected chi connectivity index (χ2v) is 17.2. The van der Waals surface area contributed by atoms with E-state index in [-0.39, 0.29) is 16.3 Å². The summed E-state index contributed by atoms with van der Waals surface area (Å²) in [5.41, 5.74) is 17.6. The number of para-hydroxylation sites is 2. The highest BCUT2D eigenvalue weighted by Gasteiger charge is 2.39. The minimum atomic E-state index is -0.208. The van der Waals surface area contributed by atoms with Gasteiger partial charge in [-0.3, -0.25) is 4.79 Å². The second kappa shape index (κ2) is 12.9. The van der Waals surface area contributed by atoms with Crippen LogP contribution in [0.25, 0.3) is 71.7 Å². The van der Waals surface area contributed by atoms with E-state index in [9.17, 15) is 4.79 Å². The molecule has 290 valence electrons. The highest BCUT2D eigenvalue weighted by atomic mass is 16.3. The van der Waals surface area contributed by atoms with Gasteiger partial charge in [0.1, 0.15) is 16.7 Å². The fourth-order valence-electron chi connectivity index (χ4n) is 10.2. The number of fused-ring (bicyclic) bond motifs is 9. The Bertz CT molecular complexity index is 3440. The Hall–Kier alpha value is -7.17. The zero-order valence-electron chi connectivity index (χ0n) is 34.4. The lowest BCUT2D eigenvalue weighted by Crippen LogP contribution is -2.18. The van der Waals surface area contributed by atoms with Crippen molar-refractivity contribution in [3.05, 3.63) is 202 Å². The summed E-state index contributed by atoms with van der Waals surface area (Å²) >= 11 is 0. The molecule has 2 heterocycles. The average Bonchev–Trinajstić information content (AvgIpc) is 3.83. The Morgan fingerprint density at radius 3 is 1.92 bits per heavy atom. The molecule has 0 atom stereocenters. The summed E-state index contributed by atoms with van der Waals surface area (Å²) in [6.07, 6.45) is 6.27. The lowest BCUT2D eigenvalue weighted by atomic mass is 9.81. The molecule has 7 aromatic carbocycles. The van der Waals surface area contributed by atoms with Crippen molar-refractivity contribution < 1.29 is 8.83 Å². The number of rotatable bonds is 5. The quantitative estimate of drug-likeness (QED) is 0.163. The van der Waals surface area contributed by atoms with Gasteiger partial charge in [-0.25, -0.2) is 0 Å². The molecule has 0 fully saturated rings. The number of furan rings is 1. The highest BCUT2D eigenvalue weighted by molar-refractivity contribution is 6.11. The van der Waals surface area contributed by atoms with Gasteiger partial charge >= 0.3 is 0 Å². The first kappa shape index (κ1) is 36.0. The molecule has 0 unspecified atom stereocenters.